The van der Waals surface area contributed by atoms with Crippen LogP contribution >= 0.6 is 33.2 Å². The molecule has 0 amide bonds. The third kappa shape index (κ3) is 161. The minimum absolute atomic E-state index is 0. The van der Waals surface area contributed by atoms with Crippen LogP contribution in [0.4, 0.5) is 0 Å². The van der Waals surface area contributed by atoms with Crippen molar-refractivity contribution in [2.75, 3.05) is 0 Å². The number of halogens is 2. The molecule has 0 unspecified atom stereocenters. The number of hydrogen-bond donors (Lipinski definition) is 0. The first-order valence-corrected chi connectivity index (χ1v) is 1.10. The van der Waals surface area contributed by atoms with Crippen LogP contribution < -0.4 is 0 Å². The van der Waals surface area contributed by atoms with Crippen molar-refractivity contribution in [2.24, 2.45) is 0 Å². The van der Waals surface area contributed by atoms with Gasteiger partial charge in [-0.1, -0.05) is 7.43 Å². The maximum atomic E-state index is 8.35. The Morgan fingerprint density at radius 3 is 1.00 bits per heavy atom. The zero-order chi connectivity index (χ0) is 2.71. The minimum atomic E-state index is -1.08. The van der Waals surface area contributed by atoms with Gasteiger partial charge in [-0.25, -0.2) is 0 Å². The van der Waals surface area contributed by atoms with E-state index in [2.05, 4.69) is 0 Å². The van der Waals surface area contributed by atoms with Crippen molar-refractivity contribution in [1.82, 2.24) is 0 Å². The van der Waals surface area contributed by atoms with E-state index in [1.165, 1.54) is 0 Å². The second-order valence-corrected chi connectivity index (χ2v) is 0.224. The molecule has 0 aromatic heterocycles. The van der Waals surface area contributed by atoms with Crippen molar-refractivity contribution >= 4 is 33.2 Å². The van der Waals surface area contributed by atoms with Crippen molar-refractivity contribution < 1.29 is 9.13 Å². The summed E-state index contributed by atoms with van der Waals surface area (Å²) in [6.07, 6.45) is 0. The van der Waals surface area contributed by atoms with Gasteiger partial charge in [-0.15, -0.1) is 24.8 Å². The summed E-state index contributed by atoms with van der Waals surface area (Å²) < 4.78 is 16.7. The molecule has 6 heavy (non-hydrogen) atoms. The Hall–Kier alpha value is 0.610. The second kappa shape index (κ2) is 46.0. The molecular formula is CH6Cl2O2P+. The fraction of sp³-hybridized carbons (Fsp3) is 1.00. The molecule has 0 aliphatic carbocycles. The van der Waals surface area contributed by atoms with Crippen LogP contribution in [-0.4, -0.2) is 0 Å². The molecule has 0 heterocycles. The van der Waals surface area contributed by atoms with Crippen LogP contribution in [0.25, 0.3) is 0 Å². The molecule has 0 aliphatic rings. The van der Waals surface area contributed by atoms with Gasteiger partial charge in [0.25, 0.3) is 0 Å². The molecule has 2 nitrogen and oxygen atoms in total. The zero-order valence-corrected chi connectivity index (χ0v) is 4.61. The summed E-state index contributed by atoms with van der Waals surface area (Å²) in [6.45, 7) is 0. The normalized spacial score (nSPS) is 1.33. The zero-order valence-electron chi connectivity index (χ0n) is 2.08. The van der Waals surface area contributed by atoms with Gasteiger partial charge in [-0.2, -0.15) is 0 Å². The first kappa shape index (κ1) is 30.5. The second-order valence-electron chi connectivity index (χ2n) is 0.0745. The predicted octanol–water partition coefficient (Wildman–Crippen LogP) is 2.10. The van der Waals surface area contributed by atoms with Crippen LogP contribution in [0.3, 0.4) is 0 Å². The summed E-state index contributed by atoms with van der Waals surface area (Å²) >= 11 is 0. The quantitative estimate of drug-likeness (QED) is 0.498. The molecule has 0 N–H and O–H groups in total. The number of rotatable bonds is 0. The molecule has 40 valence electrons. The Morgan fingerprint density at radius 2 is 1.00 bits per heavy atom. The topological polar surface area (TPSA) is 34.1 Å². The summed E-state index contributed by atoms with van der Waals surface area (Å²) in [6, 6.07) is 0. The van der Waals surface area contributed by atoms with Crippen molar-refractivity contribution in [3.63, 3.8) is 0 Å². The molecule has 0 radical (unpaired) electrons. The summed E-state index contributed by atoms with van der Waals surface area (Å²) in [5.74, 6) is 0. The third-order valence-electron chi connectivity index (χ3n) is 0. The fourth-order valence-electron chi connectivity index (χ4n) is 0. The van der Waals surface area contributed by atoms with Crippen molar-refractivity contribution in [3.05, 3.63) is 0 Å². The van der Waals surface area contributed by atoms with Gasteiger partial charge in [0.05, 0.1) is 0 Å². The molecule has 0 aliphatic heterocycles. The molecule has 0 fully saturated rings. The Morgan fingerprint density at radius 1 is 1.00 bits per heavy atom. The van der Waals surface area contributed by atoms with Crippen molar-refractivity contribution in [3.8, 4) is 0 Å². The summed E-state index contributed by atoms with van der Waals surface area (Å²) in [5, 5.41) is 0. The van der Waals surface area contributed by atoms with E-state index in [4.69, 9.17) is 9.13 Å². The van der Waals surface area contributed by atoms with Crippen LogP contribution in [0.5, 0.6) is 0 Å². The standard InChI is InChI=1S/CH4.2ClH.O2P/c;;;1-3-2/h1H4;2*1H;/q;;;+1. The van der Waals surface area contributed by atoms with E-state index in [0.29, 0.717) is 0 Å². The predicted molar refractivity (Wildman–Crippen MR) is 29.5 cm³/mol. The van der Waals surface area contributed by atoms with Crippen molar-refractivity contribution in [1.29, 1.82) is 0 Å². The Labute approximate surface area is 50.4 Å². The molecular weight excluding hydrogens is 146 g/mol. The van der Waals surface area contributed by atoms with E-state index in [1.807, 2.05) is 0 Å². The van der Waals surface area contributed by atoms with Gasteiger partial charge in [0, 0.05) is 0 Å². The molecule has 0 aromatic carbocycles. The monoisotopic (exact) mass is 151 g/mol. The van der Waals surface area contributed by atoms with Gasteiger partial charge < -0.3 is 0 Å². The average molecular weight is 152 g/mol. The molecule has 0 saturated heterocycles. The van der Waals surface area contributed by atoms with E-state index < -0.39 is 8.34 Å². The van der Waals surface area contributed by atoms with Crippen LogP contribution in [-0.2, 0) is 9.13 Å². The fourth-order valence-corrected chi connectivity index (χ4v) is 0. The van der Waals surface area contributed by atoms with Crippen molar-refractivity contribution in [2.45, 2.75) is 7.43 Å². The van der Waals surface area contributed by atoms with Crippen LogP contribution in [0.1, 0.15) is 7.43 Å². The third-order valence-corrected chi connectivity index (χ3v) is 0. The average Bonchev–Trinajstić information content (AvgIpc) is 0.918. The first-order chi connectivity index (χ1) is 1.41. The first-order valence-electron chi connectivity index (χ1n) is 0.365. The molecule has 0 spiro atoms. The van der Waals surface area contributed by atoms with E-state index in [9.17, 15) is 0 Å². The molecule has 0 rings (SSSR count). The molecule has 0 atom stereocenters. The Kier molecular flexibility index (Phi) is 234. The van der Waals surface area contributed by atoms with Crippen LogP contribution in [0, 0.1) is 0 Å². The summed E-state index contributed by atoms with van der Waals surface area (Å²) in [7, 11) is -1.08. The van der Waals surface area contributed by atoms with E-state index in [1.54, 1.807) is 0 Å². The summed E-state index contributed by atoms with van der Waals surface area (Å²) in [4.78, 5) is 0. The van der Waals surface area contributed by atoms with Gasteiger partial charge in [0.2, 0.25) is 0 Å². The SMILES string of the molecule is C.Cl.Cl.O=[P+]=O. The van der Waals surface area contributed by atoms with Crippen LogP contribution in [0.15, 0.2) is 0 Å². The molecule has 0 bridgehead atoms. The van der Waals surface area contributed by atoms with E-state index in [0.717, 1.165) is 0 Å². The Balaban J connectivity index is -0.00000000667. The van der Waals surface area contributed by atoms with Crippen LogP contribution in [0.2, 0.25) is 0 Å². The maximum absolute atomic E-state index is 8.35. The number of hydrogen-bond acceptors (Lipinski definition) is 2. The molecule has 5 heteroatoms. The molecule has 0 aromatic rings. The van der Waals surface area contributed by atoms with Gasteiger partial charge in [0.15, 0.2) is 0 Å². The van der Waals surface area contributed by atoms with E-state index in [-0.39, 0.29) is 32.2 Å². The summed E-state index contributed by atoms with van der Waals surface area (Å²) in [5.41, 5.74) is 0. The van der Waals surface area contributed by atoms with E-state index >= 15 is 0 Å². The van der Waals surface area contributed by atoms with Gasteiger partial charge in [-0.3, -0.25) is 0 Å². The molecule has 0 saturated carbocycles. The Bertz CT molecular complexity index is 32.5. The van der Waals surface area contributed by atoms with Gasteiger partial charge in [0.1, 0.15) is 0 Å². The van der Waals surface area contributed by atoms with Gasteiger partial charge in [-0.05, 0) is 0 Å². The van der Waals surface area contributed by atoms with Gasteiger partial charge >= 0.3 is 17.5 Å².